The number of nitrogens with zero attached hydrogens (tertiary/aromatic N) is 1. The number of benzene rings is 1. The van der Waals surface area contributed by atoms with Crippen LogP contribution in [0.3, 0.4) is 0 Å². The van der Waals surface area contributed by atoms with Crippen molar-refractivity contribution in [3.05, 3.63) is 34.4 Å². The molecule has 0 aliphatic rings. The number of hydrogen-bond donors (Lipinski definition) is 1. The molecule has 0 saturated carbocycles. The summed E-state index contributed by atoms with van der Waals surface area (Å²) in [5.74, 6) is 0.997. The van der Waals surface area contributed by atoms with Gasteiger partial charge in [0.15, 0.2) is 0 Å². The minimum atomic E-state index is -0.728. The van der Waals surface area contributed by atoms with Crippen molar-refractivity contribution in [3.8, 4) is 5.75 Å². The lowest BCUT2D eigenvalue weighted by atomic mass is 10.1. The number of H-pyrrole nitrogens is 1. The fraction of sp³-hybridized carbons (Fsp3) is 0.333. The molecular weight excluding hydrogens is 240 g/mol. The SMILES string of the molecule is COc1cccc2c(=O)[nH]c(C(C)(C)Cl)nc12. The molecule has 0 unspecified atom stereocenters. The van der Waals surface area contributed by atoms with Crippen molar-refractivity contribution in [2.24, 2.45) is 0 Å². The minimum absolute atomic E-state index is 0.211. The van der Waals surface area contributed by atoms with E-state index >= 15 is 0 Å². The molecule has 1 aromatic carbocycles. The largest absolute Gasteiger partial charge is 0.494 e. The van der Waals surface area contributed by atoms with E-state index in [-0.39, 0.29) is 5.56 Å². The van der Waals surface area contributed by atoms with E-state index < -0.39 is 4.87 Å². The lowest BCUT2D eigenvalue weighted by Gasteiger charge is -2.15. The van der Waals surface area contributed by atoms with Crippen LogP contribution in [-0.4, -0.2) is 17.1 Å². The number of ether oxygens (including phenoxy) is 1. The van der Waals surface area contributed by atoms with Crippen LogP contribution in [0.15, 0.2) is 23.0 Å². The number of halogens is 1. The fourth-order valence-corrected chi connectivity index (χ4v) is 1.67. The third-order valence-corrected chi connectivity index (χ3v) is 2.66. The molecule has 0 fully saturated rings. The number of para-hydroxylation sites is 1. The smallest absolute Gasteiger partial charge is 0.258 e. The highest BCUT2D eigenvalue weighted by molar-refractivity contribution is 6.23. The van der Waals surface area contributed by atoms with Crippen molar-refractivity contribution in [3.63, 3.8) is 0 Å². The van der Waals surface area contributed by atoms with Crippen LogP contribution in [0.4, 0.5) is 0 Å². The molecule has 0 aliphatic heterocycles. The zero-order valence-corrected chi connectivity index (χ0v) is 10.6. The van der Waals surface area contributed by atoms with Crippen molar-refractivity contribution < 1.29 is 4.74 Å². The fourth-order valence-electron chi connectivity index (χ4n) is 1.58. The standard InChI is InChI=1S/C12H13ClN2O2/c1-12(2,13)11-14-9-7(10(16)15-11)5-4-6-8(9)17-3/h4-6H,1-3H3,(H,14,15,16). The summed E-state index contributed by atoms with van der Waals surface area (Å²) in [6, 6.07) is 5.22. The molecule has 0 aliphatic carbocycles. The van der Waals surface area contributed by atoms with Gasteiger partial charge >= 0.3 is 0 Å². The van der Waals surface area contributed by atoms with E-state index in [0.29, 0.717) is 22.5 Å². The Morgan fingerprint density at radius 3 is 2.71 bits per heavy atom. The molecule has 90 valence electrons. The Morgan fingerprint density at radius 1 is 1.41 bits per heavy atom. The first-order valence-corrected chi connectivity index (χ1v) is 5.57. The molecular formula is C12H13ClN2O2. The minimum Gasteiger partial charge on any atom is -0.494 e. The highest BCUT2D eigenvalue weighted by Gasteiger charge is 2.21. The number of rotatable bonds is 2. The van der Waals surface area contributed by atoms with Crippen LogP contribution in [0.5, 0.6) is 5.75 Å². The number of alkyl halides is 1. The molecule has 0 atom stereocenters. The molecule has 17 heavy (non-hydrogen) atoms. The number of fused-ring (bicyclic) bond motifs is 1. The summed E-state index contributed by atoms with van der Waals surface area (Å²) >= 11 is 6.15. The van der Waals surface area contributed by atoms with Crippen molar-refractivity contribution in [1.29, 1.82) is 0 Å². The lowest BCUT2D eigenvalue weighted by Crippen LogP contribution is -2.20. The normalized spacial score (nSPS) is 11.8. The van der Waals surface area contributed by atoms with Gasteiger partial charge in [0.1, 0.15) is 17.1 Å². The molecule has 0 bridgehead atoms. The van der Waals surface area contributed by atoms with Gasteiger partial charge in [0.05, 0.1) is 17.4 Å². The molecule has 1 aromatic heterocycles. The first-order chi connectivity index (χ1) is 7.93. The number of hydrogen-bond acceptors (Lipinski definition) is 3. The van der Waals surface area contributed by atoms with Crippen LogP contribution in [0.1, 0.15) is 19.7 Å². The number of aromatic amines is 1. The Hall–Kier alpha value is -1.55. The Balaban J connectivity index is 2.84. The molecule has 0 saturated heterocycles. The first-order valence-electron chi connectivity index (χ1n) is 5.20. The first kappa shape index (κ1) is 11.9. The summed E-state index contributed by atoms with van der Waals surface area (Å²) < 4.78 is 5.19. The number of nitrogens with one attached hydrogen (secondary N) is 1. The predicted molar refractivity (Wildman–Crippen MR) is 67.8 cm³/mol. The maximum absolute atomic E-state index is 11.9. The highest BCUT2D eigenvalue weighted by Crippen LogP contribution is 2.27. The van der Waals surface area contributed by atoms with Gasteiger partial charge in [-0.25, -0.2) is 4.98 Å². The van der Waals surface area contributed by atoms with E-state index in [0.717, 1.165) is 0 Å². The predicted octanol–water partition coefficient (Wildman–Crippen LogP) is 2.41. The Labute approximate surface area is 104 Å². The Kier molecular flexibility index (Phi) is 2.83. The van der Waals surface area contributed by atoms with Gasteiger partial charge in [-0.05, 0) is 26.0 Å². The average molecular weight is 253 g/mol. The summed E-state index contributed by atoms with van der Waals surface area (Å²) in [6.45, 7) is 3.54. The molecule has 2 aromatic rings. The Morgan fingerprint density at radius 2 is 2.12 bits per heavy atom. The molecule has 4 nitrogen and oxygen atoms in total. The van der Waals surface area contributed by atoms with Crippen molar-refractivity contribution in [2.45, 2.75) is 18.7 Å². The van der Waals surface area contributed by atoms with Crippen LogP contribution in [0.25, 0.3) is 10.9 Å². The van der Waals surface area contributed by atoms with E-state index in [2.05, 4.69) is 9.97 Å². The van der Waals surface area contributed by atoms with Crippen LogP contribution in [-0.2, 0) is 4.87 Å². The molecule has 1 heterocycles. The summed E-state index contributed by atoms with van der Waals surface area (Å²) in [7, 11) is 1.54. The summed E-state index contributed by atoms with van der Waals surface area (Å²) in [5.41, 5.74) is 0.320. The number of methoxy groups -OCH3 is 1. The average Bonchev–Trinajstić information content (AvgIpc) is 2.27. The van der Waals surface area contributed by atoms with Crippen LogP contribution < -0.4 is 10.3 Å². The van der Waals surface area contributed by atoms with Crippen molar-refractivity contribution in [1.82, 2.24) is 9.97 Å². The Bertz CT molecular complexity index is 614. The molecule has 0 amide bonds. The van der Waals surface area contributed by atoms with Gasteiger partial charge < -0.3 is 9.72 Å². The summed E-state index contributed by atoms with van der Waals surface area (Å²) in [6.07, 6.45) is 0. The maximum Gasteiger partial charge on any atom is 0.258 e. The second-order valence-electron chi connectivity index (χ2n) is 4.24. The molecule has 2 rings (SSSR count). The summed E-state index contributed by atoms with van der Waals surface area (Å²) in [4.78, 5) is 18.2. The quantitative estimate of drug-likeness (QED) is 0.835. The molecule has 1 N–H and O–H groups in total. The highest BCUT2D eigenvalue weighted by atomic mass is 35.5. The van der Waals surface area contributed by atoms with Gasteiger partial charge in [-0.15, -0.1) is 11.6 Å². The van der Waals surface area contributed by atoms with Gasteiger partial charge in [0, 0.05) is 0 Å². The van der Waals surface area contributed by atoms with E-state index in [1.54, 1.807) is 39.2 Å². The van der Waals surface area contributed by atoms with Crippen molar-refractivity contribution in [2.75, 3.05) is 7.11 Å². The maximum atomic E-state index is 11.9. The van der Waals surface area contributed by atoms with Gasteiger partial charge in [-0.1, -0.05) is 6.07 Å². The van der Waals surface area contributed by atoms with E-state index in [9.17, 15) is 4.79 Å². The second kappa shape index (κ2) is 4.04. The molecule has 5 heteroatoms. The summed E-state index contributed by atoms with van der Waals surface area (Å²) in [5, 5.41) is 0.494. The van der Waals surface area contributed by atoms with E-state index in [4.69, 9.17) is 16.3 Å². The van der Waals surface area contributed by atoms with Gasteiger partial charge in [0.2, 0.25) is 0 Å². The third-order valence-electron chi connectivity index (χ3n) is 2.48. The van der Waals surface area contributed by atoms with Gasteiger partial charge in [0.25, 0.3) is 5.56 Å². The number of aromatic nitrogens is 2. The van der Waals surface area contributed by atoms with Crippen LogP contribution in [0, 0.1) is 0 Å². The molecule has 0 radical (unpaired) electrons. The van der Waals surface area contributed by atoms with Crippen LogP contribution in [0.2, 0.25) is 0 Å². The van der Waals surface area contributed by atoms with Crippen LogP contribution >= 0.6 is 11.6 Å². The second-order valence-corrected chi connectivity index (χ2v) is 5.19. The zero-order chi connectivity index (χ0) is 12.6. The van der Waals surface area contributed by atoms with E-state index in [1.807, 2.05) is 0 Å². The lowest BCUT2D eigenvalue weighted by molar-refractivity contribution is 0.418. The molecule has 0 spiro atoms. The van der Waals surface area contributed by atoms with Gasteiger partial charge in [-0.3, -0.25) is 4.79 Å². The van der Waals surface area contributed by atoms with Crippen molar-refractivity contribution >= 4 is 22.5 Å². The van der Waals surface area contributed by atoms with Gasteiger partial charge in [-0.2, -0.15) is 0 Å². The zero-order valence-electron chi connectivity index (χ0n) is 9.87. The topological polar surface area (TPSA) is 55.0 Å². The van der Waals surface area contributed by atoms with E-state index in [1.165, 1.54) is 0 Å². The monoisotopic (exact) mass is 252 g/mol. The third kappa shape index (κ3) is 2.13.